The van der Waals surface area contributed by atoms with Gasteiger partial charge in [-0.05, 0) is 88.9 Å². The number of esters is 1. The van der Waals surface area contributed by atoms with Crippen molar-refractivity contribution in [2.45, 2.75) is 26.5 Å². The molecule has 1 aliphatic rings. The molecule has 3 aromatic carbocycles. The fraction of sp³-hybridized carbons (Fsp3) is 0.161. The number of halogens is 2. The van der Waals surface area contributed by atoms with Crippen LogP contribution in [0.15, 0.2) is 92.3 Å². The number of nitrogens with zero attached hydrogens (tertiary/aromatic N) is 2. The van der Waals surface area contributed by atoms with Gasteiger partial charge < -0.3 is 14.6 Å². The molecule has 1 aliphatic heterocycles. The fourth-order valence-electron chi connectivity index (χ4n) is 4.53. The third-order valence-electron chi connectivity index (χ3n) is 6.55. The number of benzene rings is 3. The summed E-state index contributed by atoms with van der Waals surface area (Å²) >= 11 is 10.9. The van der Waals surface area contributed by atoms with Crippen LogP contribution in [0.1, 0.15) is 46.9 Å². The molecule has 214 valence electrons. The number of carbonyl (C=O) groups excluding carboxylic acids is 1. The van der Waals surface area contributed by atoms with E-state index < -0.39 is 18.0 Å². The summed E-state index contributed by atoms with van der Waals surface area (Å²) in [6.07, 6.45) is 1.77. The van der Waals surface area contributed by atoms with E-state index in [0.717, 1.165) is 11.1 Å². The SMILES string of the molecule is CCOC(=O)C1=C(C)N=c2s/c(=C/c3ccc(OCc4ccc(C(=O)O)cc4)c(Br)c3)c(=O)n2[C@@H]1c1ccc(Cl)cc1. The Bertz CT molecular complexity index is 1900. The molecule has 0 fully saturated rings. The van der Waals surface area contributed by atoms with Gasteiger partial charge >= 0.3 is 11.9 Å². The molecule has 42 heavy (non-hydrogen) atoms. The van der Waals surface area contributed by atoms with E-state index in [1.54, 1.807) is 62.4 Å². The summed E-state index contributed by atoms with van der Waals surface area (Å²) in [7, 11) is 0. The monoisotopic (exact) mass is 666 g/mol. The normalized spacial score (nSPS) is 14.8. The van der Waals surface area contributed by atoms with Gasteiger partial charge in [0.2, 0.25) is 0 Å². The molecule has 0 radical (unpaired) electrons. The molecule has 1 aromatic heterocycles. The van der Waals surface area contributed by atoms with Crippen LogP contribution >= 0.6 is 38.9 Å². The number of thiazole rings is 1. The van der Waals surface area contributed by atoms with Crippen molar-refractivity contribution < 1.29 is 24.2 Å². The van der Waals surface area contributed by atoms with Crippen molar-refractivity contribution in [2.75, 3.05) is 6.61 Å². The van der Waals surface area contributed by atoms with Crippen LogP contribution in [0.3, 0.4) is 0 Å². The topological polar surface area (TPSA) is 107 Å². The summed E-state index contributed by atoms with van der Waals surface area (Å²) < 4.78 is 13.9. The van der Waals surface area contributed by atoms with Crippen LogP contribution in [-0.2, 0) is 16.1 Å². The average molecular weight is 668 g/mol. The number of carboxylic acids is 1. The molecule has 0 spiro atoms. The van der Waals surface area contributed by atoms with Gasteiger partial charge in [-0.2, -0.15) is 0 Å². The van der Waals surface area contributed by atoms with Crippen molar-refractivity contribution in [1.29, 1.82) is 0 Å². The second kappa shape index (κ2) is 12.5. The number of hydrogen-bond acceptors (Lipinski definition) is 7. The zero-order chi connectivity index (χ0) is 30.0. The highest BCUT2D eigenvalue weighted by atomic mass is 79.9. The quantitative estimate of drug-likeness (QED) is 0.249. The first-order valence-electron chi connectivity index (χ1n) is 12.9. The first-order valence-corrected chi connectivity index (χ1v) is 14.8. The minimum absolute atomic E-state index is 0.193. The minimum atomic E-state index is -0.983. The molecule has 0 saturated carbocycles. The molecule has 5 rings (SSSR count). The Morgan fingerprint density at radius 3 is 2.48 bits per heavy atom. The number of ether oxygens (including phenoxy) is 2. The summed E-state index contributed by atoms with van der Waals surface area (Å²) in [5.41, 5.74) is 3.02. The van der Waals surface area contributed by atoms with E-state index in [1.807, 2.05) is 12.1 Å². The van der Waals surface area contributed by atoms with Gasteiger partial charge in [0.05, 0.1) is 38.5 Å². The molecule has 8 nitrogen and oxygen atoms in total. The molecule has 0 bridgehead atoms. The number of aromatic carboxylic acids is 1. The predicted octanol–water partition coefficient (Wildman–Crippen LogP) is 5.49. The molecule has 11 heteroatoms. The molecule has 2 heterocycles. The lowest BCUT2D eigenvalue weighted by molar-refractivity contribution is -0.139. The smallest absolute Gasteiger partial charge is 0.338 e. The molecule has 0 amide bonds. The Morgan fingerprint density at radius 1 is 1.12 bits per heavy atom. The summed E-state index contributed by atoms with van der Waals surface area (Å²) in [6, 6.07) is 18.2. The molecule has 1 atom stereocenters. The molecular formula is C31H24BrClN2O6S. The highest BCUT2D eigenvalue weighted by molar-refractivity contribution is 9.10. The second-order valence-corrected chi connectivity index (χ2v) is 11.6. The molecular weight excluding hydrogens is 644 g/mol. The number of allylic oxidation sites excluding steroid dienone is 1. The van der Waals surface area contributed by atoms with Crippen molar-refractivity contribution >= 4 is 56.9 Å². The van der Waals surface area contributed by atoms with Crippen LogP contribution in [0, 0.1) is 0 Å². The minimum Gasteiger partial charge on any atom is -0.488 e. The van der Waals surface area contributed by atoms with E-state index in [4.69, 9.17) is 26.2 Å². The molecule has 0 saturated heterocycles. The van der Waals surface area contributed by atoms with Gasteiger partial charge in [-0.15, -0.1) is 0 Å². The van der Waals surface area contributed by atoms with Gasteiger partial charge in [0.15, 0.2) is 4.80 Å². The van der Waals surface area contributed by atoms with E-state index in [-0.39, 0.29) is 24.3 Å². The number of carbonyl (C=O) groups is 2. The van der Waals surface area contributed by atoms with Crippen LogP contribution in [0.2, 0.25) is 5.02 Å². The lowest BCUT2D eigenvalue weighted by atomic mass is 9.96. The number of hydrogen-bond donors (Lipinski definition) is 1. The lowest BCUT2D eigenvalue weighted by Crippen LogP contribution is -2.39. The first-order chi connectivity index (χ1) is 20.2. The van der Waals surface area contributed by atoms with Crippen LogP contribution in [0.4, 0.5) is 0 Å². The summed E-state index contributed by atoms with van der Waals surface area (Å²) in [6.45, 7) is 3.91. The number of aromatic nitrogens is 1. The van der Waals surface area contributed by atoms with Crippen LogP contribution in [0.25, 0.3) is 6.08 Å². The second-order valence-electron chi connectivity index (χ2n) is 9.33. The van der Waals surface area contributed by atoms with Gasteiger partial charge in [-0.25, -0.2) is 14.6 Å². The summed E-state index contributed by atoms with van der Waals surface area (Å²) in [5, 5.41) is 9.61. The third-order valence-corrected chi connectivity index (χ3v) is 8.41. The Labute approximate surface area is 258 Å². The van der Waals surface area contributed by atoms with Crippen molar-refractivity contribution in [2.24, 2.45) is 4.99 Å². The maximum Gasteiger partial charge on any atom is 0.338 e. The maximum absolute atomic E-state index is 13.8. The largest absolute Gasteiger partial charge is 0.488 e. The van der Waals surface area contributed by atoms with Crippen LogP contribution in [-0.4, -0.2) is 28.2 Å². The Hall–Kier alpha value is -3.99. The lowest BCUT2D eigenvalue weighted by Gasteiger charge is -2.24. The Kier molecular flexibility index (Phi) is 8.77. The number of fused-ring (bicyclic) bond motifs is 1. The summed E-state index contributed by atoms with van der Waals surface area (Å²) in [5.74, 6) is -0.915. The van der Waals surface area contributed by atoms with E-state index in [0.29, 0.717) is 41.4 Å². The third kappa shape index (κ3) is 6.11. The van der Waals surface area contributed by atoms with Gasteiger partial charge in [-0.3, -0.25) is 9.36 Å². The summed E-state index contributed by atoms with van der Waals surface area (Å²) in [4.78, 5) is 42.9. The Morgan fingerprint density at radius 2 is 1.83 bits per heavy atom. The van der Waals surface area contributed by atoms with Gasteiger partial charge in [-0.1, -0.05) is 53.3 Å². The maximum atomic E-state index is 13.8. The molecule has 4 aromatic rings. The van der Waals surface area contributed by atoms with E-state index >= 15 is 0 Å². The van der Waals surface area contributed by atoms with Crippen molar-refractivity contribution in [1.82, 2.24) is 4.57 Å². The van der Waals surface area contributed by atoms with Crippen molar-refractivity contribution in [3.8, 4) is 5.75 Å². The fourth-order valence-corrected chi connectivity index (χ4v) is 6.22. The molecule has 1 N–H and O–H groups in total. The zero-order valence-corrected chi connectivity index (χ0v) is 25.6. The van der Waals surface area contributed by atoms with Crippen molar-refractivity contribution in [3.63, 3.8) is 0 Å². The van der Waals surface area contributed by atoms with Gasteiger partial charge in [0, 0.05) is 5.02 Å². The highest BCUT2D eigenvalue weighted by Crippen LogP contribution is 2.31. The van der Waals surface area contributed by atoms with Crippen molar-refractivity contribution in [3.05, 3.63) is 129 Å². The van der Waals surface area contributed by atoms with Crippen LogP contribution in [0.5, 0.6) is 5.75 Å². The van der Waals surface area contributed by atoms with E-state index in [2.05, 4.69) is 20.9 Å². The Balaban J connectivity index is 1.47. The van der Waals surface area contributed by atoms with Gasteiger partial charge in [0.1, 0.15) is 12.4 Å². The average Bonchev–Trinajstić information content (AvgIpc) is 3.26. The number of rotatable bonds is 8. The predicted molar refractivity (Wildman–Crippen MR) is 164 cm³/mol. The first kappa shape index (κ1) is 29.5. The van der Waals surface area contributed by atoms with Gasteiger partial charge in [0.25, 0.3) is 5.56 Å². The molecule has 0 aliphatic carbocycles. The molecule has 0 unspecified atom stereocenters. The zero-order valence-electron chi connectivity index (χ0n) is 22.5. The highest BCUT2D eigenvalue weighted by Gasteiger charge is 2.33. The standard InChI is InChI=1S/C31H24BrClN2O6S/c1-3-40-30(39)26-17(2)34-31-35(27(26)20-9-11-22(33)12-10-20)28(36)25(42-31)15-19-6-13-24(23(32)14-19)41-16-18-4-7-21(8-5-18)29(37)38/h4-15,27H,3,16H2,1-2H3,(H,37,38)/b25-15+/t27-/m1/s1. The van der Waals surface area contributed by atoms with E-state index in [1.165, 1.54) is 28.0 Å². The van der Waals surface area contributed by atoms with Crippen LogP contribution < -0.4 is 19.6 Å². The number of carboxylic acid groups (broad SMARTS) is 1. The van der Waals surface area contributed by atoms with E-state index in [9.17, 15) is 14.4 Å².